The van der Waals surface area contributed by atoms with E-state index in [1.54, 1.807) is 13.2 Å². The van der Waals surface area contributed by atoms with Gasteiger partial charge in [0.15, 0.2) is 0 Å². The molecule has 0 radical (unpaired) electrons. The van der Waals surface area contributed by atoms with Gasteiger partial charge in [-0.25, -0.2) is 0 Å². The lowest BCUT2D eigenvalue weighted by molar-refractivity contribution is -0.131. The van der Waals surface area contributed by atoms with Crippen molar-refractivity contribution in [2.24, 2.45) is 5.73 Å². The van der Waals surface area contributed by atoms with E-state index in [1.165, 1.54) is 0 Å². The Balaban J connectivity index is 2.04. The molecule has 0 aromatic carbocycles. The molecular formula is C13H21N3O2. The monoisotopic (exact) mass is 251 g/mol. The van der Waals surface area contributed by atoms with E-state index in [-0.39, 0.29) is 18.0 Å². The Morgan fingerprint density at radius 1 is 1.39 bits per heavy atom. The van der Waals surface area contributed by atoms with Crippen LogP contribution in [-0.2, 0) is 4.79 Å². The minimum Gasteiger partial charge on any atom is -0.468 e. The molecule has 2 atom stereocenters. The van der Waals surface area contributed by atoms with Crippen LogP contribution in [0.5, 0.6) is 0 Å². The van der Waals surface area contributed by atoms with Crippen molar-refractivity contribution in [1.29, 1.82) is 0 Å². The minimum atomic E-state index is 0.0000260. The number of piperazine rings is 1. The molecule has 1 aromatic heterocycles. The van der Waals surface area contributed by atoms with E-state index in [1.807, 2.05) is 24.0 Å². The van der Waals surface area contributed by atoms with Gasteiger partial charge in [-0.3, -0.25) is 9.69 Å². The van der Waals surface area contributed by atoms with Crippen LogP contribution in [0.25, 0.3) is 0 Å². The summed E-state index contributed by atoms with van der Waals surface area (Å²) in [5.41, 5.74) is 6.07. The van der Waals surface area contributed by atoms with Gasteiger partial charge in [-0.15, -0.1) is 0 Å². The van der Waals surface area contributed by atoms with Crippen LogP contribution in [0.3, 0.4) is 0 Å². The van der Waals surface area contributed by atoms with Crippen LogP contribution in [-0.4, -0.2) is 47.9 Å². The average molecular weight is 251 g/mol. The summed E-state index contributed by atoms with van der Waals surface area (Å²) in [4.78, 5) is 15.5. The van der Waals surface area contributed by atoms with Crippen LogP contribution in [0.4, 0.5) is 0 Å². The van der Waals surface area contributed by atoms with Crippen LogP contribution < -0.4 is 5.73 Å². The van der Waals surface area contributed by atoms with Crippen LogP contribution in [0.1, 0.15) is 25.6 Å². The van der Waals surface area contributed by atoms with Crippen molar-refractivity contribution in [3.63, 3.8) is 0 Å². The molecule has 2 unspecified atom stereocenters. The molecule has 5 nitrogen and oxygen atoms in total. The fourth-order valence-electron chi connectivity index (χ4n) is 2.55. The summed E-state index contributed by atoms with van der Waals surface area (Å²) < 4.78 is 5.48. The molecule has 1 amide bonds. The van der Waals surface area contributed by atoms with Crippen molar-refractivity contribution in [1.82, 2.24) is 9.80 Å². The molecule has 18 heavy (non-hydrogen) atoms. The summed E-state index contributed by atoms with van der Waals surface area (Å²) in [7, 11) is 0. The number of nitrogens with two attached hydrogens (primary N) is 1. The van der Waals surface area contributed by atoms with E-state index >= 15 is 0 Å². The first-order chi connectivity index (χ1) is 8.59. The fourth-order valence-corrected chi connectivity index (χ4v) is 2.55. The molecule has 0 saturated carbocycles. The molecule has 100 valence electrons. The Morgan fingerprint density at radius 2 is 2.06 bits per heavy atom. The topological polar surface area (TPSA) is 62.7 Å². The number of furan rings is 1. The molecule has 0 spiro atoms. The summed E-state index contributed by atoms with van der Waals surface area (Å²) in [6.07, 6.45) is 1.68. The largest absolute Gasteiger partial charge is 0.468 e. The zero-order chi connectivity index (χ0) is 13.1. The zero-order valence-corrected chi connectivity index (χ0v) is 11.0. The van der Waals surface area contributed by atoms with Gasteiger partial charge in [-0.2, -0.15) is 0 Å². The lowest BCUT2D eigenvalue weighted by Crippen LogP contribution is -2.51. The van der Waals surface area contributed by atoms with Gasteiger partial charge in [0.05, 0.1) is 12.3 Å². The van der Waals surface area contributed by atoms with Crippen molar-refractivity contribution in [3.8, 4) is 0 Å². The Hall–Kier alpha value is -1.33. The molecule has 1 aliphatic rings. The normalized spacial score (nSPS) is 20.7. The molecule has 1 aromatic rings. The maximum Gasteiger partial charge on any atom is 0.219 e. The Bertz CT molecular complexity index is 381. The number of carbonyl (C=O) groups excluding carboxylic acids is 1. The van der Waals surface area contributed by atoms with Crippen LogP contribution >= 0.6 is 0 Å². The summed E-state index contributed by atoms with van der Waals surface area (Å²) in [6.45, 7) is 6.81. The quantitative estimate of drug-likeness (QED) is 0.864. The van der Waals surface area contributed by atoms with Gasteiger partial charge in [-0.1, -0.05) is 0 Å². The third kappa shape index (κ3) is 2.73. The van der Waals surface area contributed by atoms with Gasteiger partial charge in [0, 0.05) is 39.1 Å². The Kier molecular flexibility index (Phi) is 4.04. The highest BCUT2D eigenvalue weighted by molar-refractivity contribution is 5.73. The highest BCUT2D eigenvalue weighted by atomic mass is 16.3. The number of amides is 1. The average Bonchev–Trinajstić information content (AvgIpc) is 2.83. The summed E-state index contributed by atoms with van der Waals surface area (Å²) >= 11 is 0. The van der Waals surface area contributed by atoms with Gasteiger partial charge in [0.1, 0.15) is 5.76 Å². The summed E-state index contributed by atoms with van der Waals surface area (Å²) in [5, 5.41) is 0. The SMILES string of the molecule is CC(=O)N1CCN(C(c2ccco2)C(C)N)CC1. The second kappa shape index (κ2) is 5.54. The van der Waals surface area contributed by atoms with Gasteiger partial charge in [-0.05, 0) is 19.1 Å². The molecular weight excluding hydrogens is 230 g/mol. The smallest absolute Gasteiger partial charge is 0.219 e. The van der Waals surface area contributed by atoms with Gasteiger partial charge >= 0.3 is 0 Å². The number of hydrogen-bond acceptors (Lipinski definition) is 4. The highest BCUT2D eigenvalue weighted by Crippen LogP contribution is 2.25. The molecule has 2 heterocycles. The molecule has 1 aliphatic heterocycles. The van der Waals surface area contributed by atoms with Gasteiger partial charge in [0.25, 0.3) is 0 Å². The molecule has 1 saturated heterocycles. The third-order valence-corrected chi connectivity index (χ3v) is 3.49. The summed E-state index contributed by atoms with van der Waals surface area (Å²) in [5.74, 6) is 1.05. The number of carbonyl (C=O) groups is 1. The van der Waals surface area contributed by atoms with Gasteiger partial charge < -0.3 is 15.1 Å². The number of hydrogen-bond donors (Lipinski definition) is 1. The van der Waals surface area contributed by atoms with E-state index in [0.29, 0.717) is 0 Å². The Morgan fingerprint density at radius 3 is 2.50 bits per heavy atom. The number of nitrogens with zero attached hydrogens (tertiary/aromatic N) is 2. The summed E-state index contributed by atoms with van der Waals surface area (Å²) in [6, 6.07) is 3.94. The maximum absolute atomic E-state index is 11.3. The standard InChI is InChI=1S/C13H21N3O2/c1-10(14)13(12-4-3-9-18-12)16-7-5-15(6-8-16)11(2)17/h3-4,9-10,13H,5-8,14H2,1-2H3. The van der Waals surface area contributed by atoms with Crippen molar-refractivity contribution in [3.05, 3.63) is 24.2 Å². The molecule has 5 heteroatoms. The first kappa shape index (κ1) is 13.1. The van der Waals surface area contributed by atoms with Gasteiger partial charge in [0.2, 0.25) is 5.91 Å². The van der Waals surface area contributed by atoms with Crippen molar-refractivity contribution < 1.29 is 9.21 Å². The van der Waals surface area contributed by atoms with Crippen LogP contribution in [0.15, 0.2) is 22.8 Å². The maximum atomic E-state index is 11.3. The van der Waals surface area contributed by atoms with E-state index in [9.17, 15) is 4.79 Å². The predicted octanol–water partition coefficient (Wildman–Crippen LogP) is 0.832. The lowest BCUT2D eigenvalue weighted by atomic mass is 10.1. The molecule has 2 rings (SSSR count). The van der Waals surface area contributed by atoms with Crippen LogP contribution in [0.2, 0.25) is 0 Å². The zero-order valence-electron chi connectivity index (χ0n) is 11.0. The first-order valence-electron chi connectivity index (χ1n) is 6.38. The molecule has 0 aliphatic carbocycles. The predicted molar refractivity (Wildman–Crippen MR) is 68.9 cm³/mol. The molecule has 0 bridgehead atoms. The van der Waals surface area contributed by atoms with E-state index in [4.69, 9.17) is 10.2 Å². The molecule has 2 N–H and O–H groups in total. The fraction of sp³-hybridized carbons (Fsp3) is 0.615. The van der Waals surface area contributed by atoms with E-state index in [2.05, 4.69) is 4.90 Å². The van der Waals surface area contributed by atoms with Crippen molar-refractivity contribution >= 4 is 5.91 Å². The molecule has 1 fully saturated rings. The highest BCUT2D eigenvalue weighted by Gasteiger charge is 2.29. The third-order valence-electron chi connectivity index (χ3n) is 3.49. The van der Waals surface area contributed by atoms with Crippen molar-refractivity contribution in [2.45, 2.75) is 25.9 Å². The van der Waals surface area contributed by atoms with Crippen LogP contribution in [0, 0.1) is 0 Å². The Labute approximate surface area is 108 Å². The van der Waals surface area contributed by atoms with Crippen molar-refractivity contribution in [2.75, 3.05) is 26.2 Å². The second-order valence-corrected chi connectivity index (χ2v) is 4.86. The first-order valence-corrected chi connectivity index (χ1v) is 6.38. The number of rotatable bonds is 3. The minimum absolute atomic E-state index is 0.0000260. The van der Waals surface area contributed by atoms with E-state index < -0.39 is 0 Å². The lowest BCUT2D eigenvalue weighted by Gasteiger charge is -2.39. The second-order valence-electron chi connectivity index (χ2n) is 4.86. The van der Waals surface area contributed by atoms with E-state index in [0.717, 1.165) is 31.9 Å².